The standard InChI is InChI=1S/C12H16O7/c1-7(13)17-6-11-12(19-9(3)15)10(4-5-16-11)18-8(2)14/h4-5,10-12H,6H2,1-3H3/t10-,11-,12-/m1/s1/i4+1. The molecule has 1 rings (SSSR count). The average Bonchev–Trinajstić information content (AvgIpc) is 2.28. The lowest BCUT2D eigenvalue weighted by molar-refractivity contribution is -0.178. The molecule has 0 spiro atoms. The predicted molar refractivity (Wildman–Crippen MR) is 61.8 cm³/mol. The van der Waals surface area contributed by atoms with Gasteiger partial charge in [-0.1, -0.05) is 0 Å². The second-order valence-corrected chi connectivity index (χ2v) is 3.95. The maximum atomic E-state index is 11.1. The Morgan fingerprint density at radius 1 is 1.05 bits per heavy atom. The molecule has 0 amide bonds. The minimum absolute atomic E-state index is 0.102. The van der Waals surface area contributed by atoms with Crippen LogP contribution in [-0.2, 0) is 33.3 Å². The van der Waals surface area contributed by atoms with E-state index in [2.05, 4.69) is 0 Å². The summed E-state index contributed by atoms with van der Waals surface area (Å²) in [4.78, 5) is 32.9. The van der Waals surface area contributed by atoms with Crippen LogP contribution in [0.1, 0.15) is 20.8 Å². The number of carbonyl (C=O) groups excluding carboxylic acids is 3. The molecule has 1 heterocycles. The normalized spacial score (nSPS) is 25.1. The molecule has 0 aromatic carbocycles. The Morgan fingerprint density at radius 3 is 2.21 bits per heavy atom. The molecular weight excluding hydrogens is 257 g/mol. The molecule has 1 aliphatic heterocycles. The maximum absolute atomic E-state index is 11.1. The molecule has 0 aliphatic carbocycles. The Labute approximate surface area is 110 Å². The molecule has 0 N–H and O–H groups in total. The van der Waals surface area contributed by atoms with Gasteiger partial charge in [-0.3, -0.25) is 14.4 Å². The molecule has 0 saturated heterocycles. The van der Waals surface area contributed by atoms with Gasteiger partial charge in [-0.05, 0) is 6.08 Å². The van der Waals surface area contributed by atoms with E-state index in [-0.39, 0.29) is 6.61 Å². The summed E-state index contributed by atoms with van der Waals surface area (Å²) in [6, 6.07) is 0. The van der Waals surface area contributed by atoms with Gasteiger partial charge in [-0.2, -0.15) is 0 Å². The molecule has 0 aromatic heterocycles. The van der Waals surface area contributed by atoms with Crippen molar-refractivity contribution in [1.82, 2.24) is 0 Å². The topological polar surface area (TPSA) is 88.1 Å². The molecule has 0 fully saturated rings. The van der Waals surface area contributed by atoms with Crippen LogP contribution >= 0.6 is 0 Å². The first-order valence-electron chi connectivity index (χ1n) is 5.70. The van der Waals surface area contributed by atoms with Crippen LogP contribution in [0.15, 0.2) is 12.3 Å². The van der Waals surface area contributed by atoms with Gasteiger partial charge in [0.05, 0.1) is 6.26 Å². The van der Waals surface area contributed by atoms with Crippen LogP contribution in [-0.4, -0.2) is 42.8 Å². The molecule has 0 aromatic rings. The summed E-state index contributed by atoms with van der Waals surface area (Å²) in [5.41, 5.74) is 0. The average molecular weight is 273 g/mol. The summed E-state index contributed by atoms with van der Waals surface area (Å²) in [6.07, 6.45) is 0.435. The lowest BCUT2D eigenvalue weighted by atomic mass is 10.1. The molecule has 0 saturated carbocycles. The zero-order chi connectivity index (χ0) is 14.4. The van der Waals surface area contributed by atoms with E-state index in [1.54, 1.807) is 0 Å². The van der Waals surface area contributed by atoms with Crippen molar-refractivity contribution in [3.05, 3.63) is 12.3 Å². The monoisotopic (exact) mass is 273 g/mol. The van der Waals surface area contributed by atoms with Gasteiger partial charge < -0.3 is 18.9 Å². The lowest BCUT2D eigenvalue weighted by Crippen LogP contribution is -2.47. The van der Waals surface area contributed by atoms with E-state index in [1.165, 1.54) is 33.1 Å². The third-order valence-corrected chi connectivity index (χ3v) is 2.27. The number of esters is 3. The van der Waals surface area contributed by atoms with Crippen LogP contribution in [0.2, 0.25) is 0 Å². The highest BCUT2D eigenvalue weighted by Crippen LogP contribution is 2.19. The van der Waals surface area contributed by atoms with Crippen molar-refractivity contribution in [3.8, 4) is 0 Å². The van der Waals surface area contributed by atoms with Crippen LogP contribution in [0, 0.1) is 0 Å². The Balaban J connectivity index is 2.77. The fourth-order valence-electron chi connectivity index (χ4n) is 1.59. The first kappa shape index (κ1) is 15.0. The zero-order valence-corrected chi connectivity index (χ0v) is 11.0. The number of ether oxygens (including phenoxy) is 4. The minimum Gasteiger partial charge on any atom is -0.491 e. The molecular formula is C12H16O7. The predicted octanol–water partition coefficient (Wildman–Crippen LogP) is 0.325. The molecule has 7 heteroatoms. The summed E-state index contributed by atoms with van der Waals surface area (Å²) in [5, 5.41) is 0. The highest BCUT2D eigenvalue weighted by Gasteiger charge is 2.37. The minimum atomic E-state index is -0.856. The molecule has 106 valence electrons. The van der Waals surface area contributed by atoms with Crippen molar-refractivity contribution in [1.29, 1.82) is 0 Å². The third-order valence-electron chi connectivity index (χ3n) is 2.27. The fourth-order valence-corrected chi connectivity index (χ4v) is 1.59. The molecule has 0 radical (unpaired) electrons. The smallest absolute Gasteiger partial charge is 0.303 e. The lowest BCUT2D eigenvalue weighted by Gasteiger charge is -2.32. The first-order chi connectivity index (χ1) is 8.90. The maximum Gasteiger partial charge on any atom is 0.303 e. The van der Waals surface area contributed by atoms with Gasteiger partial charge >= 0.3 is 17.9 Å². The van der Waals surface area contributed by atoms with Crippen molar-refractivity contribution in [2.75, 3.05) is 6.61 Å². The Bertz CT molecular complexity index is 388. The van der Waals surface area contributed by atoms with Crippen molar-refractivity contribution in [2.24, 2.45) is 0 Å². The molecule has 7 nitrogen and oxygen atoms in total. The van der Waals surface area contributed by atoms with Crippen molar-refractivity contribution in [3.63, 3.8) is 0 Å². The number of hydrogen-bond donors (Lipinski definition) is 0. The largest absolute Gasteiger partial charge is 0.491 e. The van der Waals surface area contributed by atoms with Crippen LogP contribution in [0.4, 0.5) is 0 Å². The second kappa shape index (κ2) is 6.77. The SMILES string of the molecule is CC(=O)OC[C@H]1OC=[13CH][C@@H](OC(C)=O)[C@H]1OC(C)=O. The van der Waals surface area contributed by atoms with Crippen LogP contribution in [0.3, 0.4) is 0 Å². The quantitative estimate of drug-likeness (QED) is 0.414. The summed E-state index contributed by atoms with van der Waals surface area (Å²) >= 11 is 0. The van der Waals surface area contributed by atoms with Gasteiger partial charge in [0.15, 0.2) is 18.3 Å². The Kier molecular flexibility index (Phi) is 5.35. The molecule has 0 unspecified atom stereocenters. The van der Waals surface area contributed by atoms with Crippen LogP contribution < -0.4 is 0 Å². The second-order valence-electron chi connectivity index (χ2n) is 3.95. The van der Waals surface area contributed by atoms with Crippen molar-refractivity contribution >= 4 is 17.9 Å². The molecule has 19 heavy (non-hydrogen) atoms. The Morgan fingerprint density at radius 2 is 1.68 bits per heavy atom. The summed E-state index contributed by atoms with van der Waals surface area (Å²) in [5.74, 6) is -1.54. The van der Waals surface area contributed by atoms with Gasteiger partial charge in [0, 0.05) is 20.8 Å². The highest BCUT2D eigenvalue weighted by atomic mass is 16.6. The van der Waals surface area contributed by atoms with Gasteiger partial charge in [0.1, 0.15) is 6.61 Å². The Hall–Kier alpha value is -2.05. The van der Waals surface area contributed by atoms with Gasteiger partial charge in [-0.25, -0.2) is 0 Å². The van der Waals surface area contributed by atoms with E-state index in [0.717, 1.165) is 0 Å². The van der Waals surface area contributed by atoms with E-state index >= 15 is 0 Å². The van der Waals surface area contributed by atoms with E-state index in [1.807, 2.05) is 0 Å². The number of rotatable bonds is 4. The first-order valence-corrected chi connectivity index (χ1v) is 5.70. The van der Waals surface area contributed by atoms with Crippen LogP contribution in [0.25, 0.3) is 0 Å². The van der Waals surface area contributed by atoms with Gasteiger partial charge in [0.2, 0.25) is 0 Å². The third kappa shape index (κ3) is 4.99. The van der Waals surface area contributed by atoms with E-state index in [0.29, 0.717) is 0 Å². The van der Waals surface area contributed by atoms with Crippen LogP contribution in [0.5, 0.6) is 0 Å². The van der Waals surface area contributed by atoms with E-state index in [4.69, 9.17) is 18.9 Å². The van der Waals surface area contributed by atoms with Crippen molar-refractivity contribution in [2.45, 2.75) is 39.1 Å². The molecule has 3 atom stereocenters. The summed E-state index contributed by atoms with van der Waals surface area (Å²) in [7, 11) is 0. The zero-order valence-electron chi connectivity index (χ0n) is 11.0. The number of carbonyl (C=O) groups is 3. The van der Waals surface area contributed by atoms with E-state index in [9.17, 15) is 14.4 Å². The molecule has 0 bridgehead atoms. The van der Waals surface area contributed by atoms with E-state index < -0.39 is 36.2 Å². The summed E-state index contributed by atoms with van der Waals surface area (Å²) in [6.45, 7) is 3.62. The number of hydrogen-bond acceptors (Lipinski definition) is 7. The van der Waals surface area contributed by atoms with Gasteiger partial charge in [0.25, 0.3) is 0 Å². The molecule has 1 aliphatic rings. The van der Waals surface area contributed by atoms with Crippen molar-refractivity contribution < 1.29 is 33.3 Å². The van der Waals surface area contributed by atoms with Gasteiger partial charge in [-0.15, -0.1) is 0 Å². The summed E-state index contributed by atoms with van der Waals surface area (Å²) < 4.78 is 20.1. The highest BCUT2D eigenvalue weighted by molar-refractivity contribution is 5.68. The fraction of sp³-hybridized carbons (Fsp3) is 0.583.